The van der Waals surface area contributed by atoms with Crippen molar-refractivity contribution in [2.75, 3.05) is 0 Å². The number of hydrogen-bond donors (Lipinski definition) is 1. The highest BCUT2D eigenvalue weighted by molar-refractivity contribution is 6.06. The van der Waals surface area contributed by atoms with Gasteiger partial charge in [0.15, 0.2) is 5.82 Å². The summed E-state index contributed by atoms with van der Waals surface area (Å²) in [5, 5.41) is 9.09. The number of ketones is 1. The largest absolute Gasteiger partial charge is 0.508 e. The van der Waals surface area contributed by atoms with Gasteiger partial charge in [0.2, 0.25) is 5.78 Å². The van der Waals surface area contributed by atoms with Crippen LogP contribution in [0.2, 0.25) is 0 Å². The minimum atomic E-state index is -0.150. The van der Waals surface area contributed by atoms with Crippen LogP contribution in [0.15, 0.2) is 36.7 Å². The number of aryl methyl sites for hydroxylation is 1. The number of hydrogen-bond acceptors (Lipinski definition) is 3. The Morgan fingerprint density at radius 3 is 2.53 bits per heavy atom. The third kappa shape index (κ3) is 1.74. The highest BCUT2D eigenvalue weighted by atomic mass is 16.3. The number of carbonyl (C=O) groups is 1. The average Bonchev–Trinajstić information content (AvgIpc) is 2.65. The van der Waals surface area contributed by atoms with E-state index in [4.69, 9.17) is 5.11 Å². The van der Waals surface area contributed by atoms with Gasteiger partial charge in [0.25, 0.3) is 0 Å². The number of aromatic nitrogens is 2. The molecule has 0 aliphatic carbocycles. The number of benzene rings is 1. The third-order valence-electron chi connectivity index (χ3n) is 2.15. The fourth-order valence-corrected chi connectivity index (χ4v) is 1.33. The first kappa shape index (κ1) is 9.45. The summed E-state index contributed by atoms with van der Waals surface area (Å²) >= 11 is 0. The van der Waals surface area contributed by atoms with E-state index in [0.29, 0.717) is 11.4 Å². The quantitative estimate of drug-likeness (QED) is 0.748. The van der Waals surface area contributed by atoms with Crippen LogP contribution in [0, 0.1) is 0 Å². The maximum absolute atomic E-state index is 11.9. The molecule has 15 heavy (non-hydrogen) atoms. The van der Waals surface area contributed by atoms with Gasteiger partial charge >= 0.3 is 0 Å². The van der Waals surface area contributed by atoms with E-state index in [1.807, 2.05) is 0 Å². The second-order valence-corrected chi connectivity index (χ2v) is 3.24. The standard InChI is InChI=1S/C11H10N2O2/c1-13-7-6-12-11(13)10(15)8-2-4-9(14)5-3-8/h2-7,14H,1H3. The van der Waals surface area contributed by atoms with Crippen molar-refractivity contribution < 1.29 is 9.90 Å². The van der Waals surface area contributed by atoms with Crippen LogP contribution in [0.1, 0.15) is 16.2 Å². The third-order valence-corrected chi connectivity index (χ3v) is 2.15. The molecule has 1 aromatic carbocycles. The summed E-state index contributed by atoms with van der Waals surface area (Å²) in [6, 6.07) is 6.12. The number of phenols is 1. The van der Waals surface area contributed by atoms with Crippen LogP contribution in [-0.4, -0.2) is 20.4 Å². The molecule has 0 saturated carbocycles. The molecule has 0 spiro atoms. The van der Waals surface area contributed by atoms with E-state index >= 15 is 0 Å². The van der Waals surface area contributed by atoms with Crippen LogP contribution in [-0.2, 0) is 7.05 Å². The van der Waals surface area contributed by atoms with Crippen LogP contribution in [0.3, 0.4) is 0 Å². The lowest BCUT2D eigenvalue weighted by Gasteiger charge is -2.00. The minimum Gasteiger partial charge on any atom is -0.508 e. The van der Waals surface area contributed by atoms with Crippen molar-refractivity contribution in [3.8, 4) is 5.75 Å². The van der Waals surface area contributed by atoms with Crippen LogP contribution in [0.25, 0.3) is 0 Å². The van der Waals surface area contributed by atoms with E-state index in [0.717, 1.165) is 0 Å². The molecule has 1 heterocycles. The van der Waals surface area contributed by atoms with Gasteiger partial charge in [0, 0.05) is 25.0 Å². The van der Waals surface area contributed by atoms with Crippen molar-refractivity contribution in [3.05, 3.63) is 48.0 Å². The molecule has 0 atom stereocenters. The van der Waals surface area contributed by atoms with Crippen molar-refractivity contribution >= 4 is 5.78 Å². The minimum absolute atomic E-state index is 0.145. The number of rotatable bonds is 2. The van der Waals surface area contributed by atoms with E-state index in [1.165, 1.54) is 12.1 Å². The first-order valence-electron chi connectivity index (χ1n) is 4.49. The van der Waals surface area contributed by atoms with E-state index in [9.17, 15) is 4.79 Å². The Kier molecular flexibility index (Phi) is 2.25. The highest BCUT2D eigenvalue weighted by Gasteiger charge is 2.12. The Labute approximate surface area is 86.8 Å². The molecule has 1 N–H and O–H groups in total. The van der Waals surface area contributed by atoms with Gasteiger partial charge in [-0.05, 0) is 24.3 Å². The molecule has 0 amide bonds. The van der Waals surface area contributed by atoms with Crippen LogP contribution < -0.4 is 0 Å². The van der Waals surface area contributed by atoms with Crippen molar-refractivity contribution in [3.63, 3.8) is 0 Å². The molecule has 0 fully saturated rings. The van der Waals surface area contributed by atoms with Gasteiger partial charge in [-0.25, -0.2) is 4.98 Å². The molecule has 0 aliphatic heterocycles. The predicted molar refractivity (Wildman–Crippen MR) is 54.7 cm³/mol. The Balaban J connectivity index is 2.37. The lowest BCUT2D eigenvalue weighted by molar-refractivity contribution is 0.102. The molecule has 0 saturated heterocycles. The second-order valence-electron chi connectivity index (χ2n) is 3.24. The molecule has 2 rings (SSSR count). The van der Waals surface area contributed by atoms with Gasteiger partial charge in [-0.2, -0.15) is 0 Å². The summed E-state index contributed by atoms with van der Waals surface area (Å²) in [6.07, 6.45) is 3.29. The van der Waals surface area contributed by atoms with E-state index in [1.54, 1.807) is 36.1 Å². The number of aromatic hydroxyl groups is 1. The lowest BCUT2D eigenvalue weighted by Crippen LogP contribution is -2.08. The molecule has 0 radical (unpaired) electrons. The zero-order valence-corrected chi connectivity index (χ0v) is 8.21. The van der Waals surface area contributed by atoms with Gasteiger partial charge < -0.3 is 9.67 Å². The summed E-state index contributed by atoms with van der Waals surface area (Å²) in [7, 11) is 1.76. The van der Waals surface area contributed by atoms with Crippen LogP contribution >= 0.6 is 0 Å². The molecule has 0 bridgehead atoms. The molecule has 0 aliphatic rings. The first-order valence-corrected chi connectivity index (χ1v) is 4.49. The Morgan fingerprint density at radius 1 is 1.33 bits per heavy atom. The van der Waals surface area contributed by atoms with Crippen LogP contribution in [0.4, 0.5) is 0 Å². The molecular formula is C11H10N2O2. The first-order chi connectivity index (χ1) is 7.18. The number of phenolic OH excluding ortho intramolecular Hbond substituents is 1. The summed E-state index contributed by atoms with van der Waals surface area (Å²) in [5.41, 5.74) is 0.516. The summed E-state index contributed by atoms with van der Waals surface area (Å²) in [4.78, 5) is 15.8. The number of imidazole rings is 1. The predicted octanol–water partition coefficient (Wildman–Crippen LogP) is 1.36. The van der Waals surface area contributed by atoms with Crippen molar-refractivity contribution in [2.24, 2.45) is 7.05 Å². The number of nitrogens with zero attached hydrogens (tertiary/aromatic N) is 2. The van der Waals surface area contributed by atoms with E-state index in [2.05, 4.69) is 4.98 Å². The fourth-order valence-electron chi connectivity index (χ4n) is 1.33. The summed E-state index contributed by atoms with van der Waals surface area (Å²) in [5.74, 6) is 0.384. The van der Waals surface area contributed by atoms with Crippen molar-refractivity contribution in [1.82, 2.24) is 9.55 Å². The molecule has 0 unspecified atom stereocenters. The lowest BCUT2D eigenvalue weighted by atomic mass is 10.1. The van der Waals surface area contributed by atoms with Gasteiger partial charge in [-0.15, -0.1) is 0 Å². The summed E-state index contributed by atoms with van der Waals surface area (Å²) < 4.78 is 1.66. The Morgan fingerprint density at radius 2 is 2.00 bits per heavy atom. The second kappa shape index (κ2) is 3.57. The molecule has 1 aromatic heterocycles. The van der Waals surface area contributed by atoms with Gasteiger partial charge in [-0.3, -0.25) is 4.79 Å². The molecular weight excluding hydrogens is 192 g/mol. The SMILES string of the molecule is Cn1ccnc1C(=O)c1ccc(O)cc1. The van der Waals surface area contributed by atoms with Gasteiger partial charge in [0.1, 0.15) is 5.75 Å². The zero-order valence-electron chi connectivity index (χ0n) is 8.21. The molecule has 4 heteroatoms. The zero-order chi connectivity index (χ0) is 10.8. The molecule has 4 nitrogen and oxygen atoms in total. The maximum atomic E-state index is 11.9. The van der Waals surface area contributed by atoms with E-state index in [-0.39, 0.29) is 11.5 Å². The van der Waals surface area contributed by atoms with Gasteiger partial charge in [0.05, 0.1) is 0 Å². The number of carbonyl (C=O) groups excluding carboxylic acids is 1. The Hall–Kier alpha value is -2.10. The van der Waals surface area contributed by atoms with Crippen molar-refractivity contribution in [2.45, 2.75) is 0 Å². The monoisotopic (exact) mass is 202 g/mol. The topological polar surface area (TPSA) is 55.1 Å². The maximum Gasteiger partial charge on any atom is 0.228 e. The fraction of sp³-hybridized carbons (Fsp3) is 0.0909. The van der Waals surface area contributed by atoms with Gasteiger partial charge in [-0.1, -0.05) is 0 Å². The Bertz CT molecular complexity index is 486. The van der Waals surface area contributed by atoms with E-state index < -0.39 is 0 Å². The molecule has 76 valence electrons. The average molecular weight is 202 g/mol. The molecule has 2 aromatic rings. The smallest absolute Gasteiger partial charge is 0.228 e. The van der Waals surface area contributed by atoms with Crippen molar-refractivity contribution in [1.29, 1.82) is 0 Å². The highest BCUT2D eigenvalue weighted by Crippen LogP contribution is 2.12. The normalized spacial score (nSPS) is 10.2. The summed E-state index contributed by atoms with van der Waals surface area (Å²) in [6.45, 7) is 0. The van der Waals surface area contributed by atoms with Crippen LogP contribution in [0.5, 0.6) is 5.75 Å².